The summed E-state index contributed by atoms with van der Waals surface area (Å²) in [5.41, 5.74) is 1.04. The minimum Gasteiger partial charge on any atom is -0.328 e. The highest BCUT2D eigenvalue weighted by molar-refractivity contribution is 7.92. The standard InChI is InChI=1S/C21H23FN6O3S2/c1-13-17-18(28-9-3-4-12-33(28,30)31)24-19(20-23-14(2)25-32-20)27(17)11-10-26(13)21(29)15-5-7-16(22)8-6-15/h5-8,13H,3-4,9-12H2,1-2H3/t13-/m1/s1. The van der Waals surface area contributed by atoms with Crippen LogP contribution in [0.2, 0.25) is 0 Å². The maximum absolute atomic E-state index is 13.4. The van der Waals surface area contributed by atoms with Crippen LogP contribution in [-0.4, -0.2) is 57.0 Å². The fourth-order valence-corrected chi connectivity index (χ4v) is 6.70. The molecule has 0 bridgehead atoms. The van der Waals surface area contributed by atoms with E-state index in [0.717, 1.165) is 6.42 Å². The van der Waals surface area contributed by atoms with Crippen molar-refractivity contribution < 1.29 is 17.6 Å². The lowest BCUT2D eigenvalue weighted by molar-refractivity contribution is 0.0645. The molecule has 9 nitrogen and oxygen atoms in total. The number of sulfonamides is 1. The molecule has 0 unspecified atom stereocenters. The van der Waals surface area contributed by atoms with E-state index in [2.05, 4.69) is 9.36 Å². The Balaban J connectivity index is 1.61. The molecule has 2 aliphatic rings. The number of rotatable bonds is 3. The highest BCUT2D eigenvalue weighted by atomic mass is 32.2. The number of hydrogen-bond acceptors (Lipinski definition) is 7. The van der Waals surface area contributed by atoms with Crippen LogP contribution in [-0.2, 0) is 16.6 Å². The summed E-state index contributed by atoms with van der Waals surface area (Å²) in [6.45, 7) is 4.84. The Morgan fingerprint density at radius 1 is 1.12 bits per heavy atom. The third-order valence-electron chi connectivity index (χ3n) is 6.07. The van der Waals surface area contributed by atoms with Crippen molar-refractivity contribution in [1.29, 1.82) is 0 Å². The smallest absolute Gasteiger partial charge is 0.254 e. The van der Waals surface area contributed by atoms with Gasteiger partial charge in [-0.15, -0.1) is 0 Å². The van der Waals surface area contributed by atoms with Gasteiger partial charge in [0.05, 0.1) is 17.5 Å². The highest BCUT2D eigenvalue weighted by Crippen LogP contribution is 2.40. The second-order valence-corrected chi connectivity index (χ2v) is 11.0. The Labute approximate surface area is 195 Å². The van der Waals surface area contributed by atoms with Crippen LogP contribution in [0.5, 0.6) is 0 Å². The summed E-state index contributed by atoms with van der Waals surface area (Å²) in [6.07, 6.45) is 1.35. The van der Waals surface area contributed by atoms with Crippen molar-refractivity contribution in [2.24, 2.45) is 0 Å². The van der Waals surface area contributed by atoms with E-state index in [4.69, 9.17) is 4.98 Å². The Bertz CT molecular complexity index is 1320. The van der Waals surface area contributed by atoms with Crippen LogP contribution in [0.4, 0.5) is 10.2 Å². The van der Waals surface area contributed by atoms with Gasteiger partial charge in [0.2, 0.25) is 10.0 Å². The number of aromatic nitrogens is 4. The van der Waals surface area contributed by atoms with E-state index in [-0.39, 0.29) is 11.7 Å². The fraction of sp³-hybridized carbons (Fsp3) is 0.429. The molecule has 1 aromatic carbocycles. The van der Waals surface area contributed by atoms with Gasteiger partial charge < -0.3 is 9.47 Å². The number of nitrogens with zero attached hydrogens (tertiary/aromatic N) is 6. The van der Waals surface area contributed by atoms with Crippen molar-refractivity contribution in [2.75, 3.05) is 23.1 Å². The largest absolute Gasteiger partial charge is 0.328 e. The molecule has 0 aliphatic carbocycles. The molecule has 0 radical (unpaired) electrons. The Morgan fingerprint density at radius 2 is 1.88 bits per heavy atom. The third-order valence-corrected chi connectivity index (χ3v) is 8.71. The summed E-state index contributed by atoms with van der Waals surface area (Å²) in [7, 11) is -3.51. The lowest BCUT2D eigenvalue weighted by Crippen LogP contribution is -2.43. The quantitative estimate of drug-likeness (QED) is 0.559. The average Bonchev–Trinajstić information content (AvgIpc) is 3.38. The first-order valence-electron chi connectivity index (χ1n) is 10.7. The van der Waals surface area contributed by atoms with Gasteiger partial charge in [-0.3, -0.25) is 9.10 Å². The summed E-state index contributed by atoms with van der Waals surface area (Å²) in [5, 5.41) is 0.611. The molecular formula is C21H23FN6O3S2. The van der Waals surface area contributed by atoms with Gasteiger partial charge in [-0.1, -0.05) is 0 Å². The number of amides is 1. The highest BCUT2D eigenvalue weighted by Gasteiger charge is 2.39. The van der Waals surface area contributed by atoms with E-state index >= 15 is 0 Å². The maximum Gasteiger partial charge on any atom is 0.254 e. The molecule has 1 amide bonds. The van der Waals surface area contributed by atoms with Gasteiger partial charge in [-0.2, -0.15) is 4.37 Å². The molecule has 3 aromatic rings. The molecule has 4 heterocycles. The number of hydrogen-bond donors (Lipinski definition) is 0. The minimum absolute atomic E-state index is 0.0686. The predicted octanol–water partition coefficient (Wildman–Crippen LogP) is 3.00. The second kappa shape index (κ2) is 8.17. The van der Waals surface area contributed by atoms with Crippen LogP contribution >= 0.6 is 11.5 Å². The molecule has 1 fully saturated rings. The first kappa shape index (κ1) is 22.0. The molecule has 5 rings (SSSR count). The number of halogens is 1. The molecule has 2 aromatic heterocycles. The number of imidazole rings is 1. The van der Waals surface area contributed by atoms with Crippen molar-refractivity contribution in [1.82, 2.24) is 23.8 Å². The fourth-order valence-electron chi connectivity index (χ4n) is 4.44. The Kier molecular flexibility index (Phi) is 5.44. The van der Waals surface area contributed by atoms with Crippen molar-refractivity contribution in [2.45, 2.75) is 39.3 Å². The van der Waals surface area contributed by atoms with Gasteiger partial charge in [-0.25, -0.2) is 22.8 Å². The lowest BCUT2D eigenvalue weighted by Gasteiger charge is -2.37. The van der Waals surface area contributed by atoms with Crippen LogP contribution in [0.3, 0.4) is 0 Å². The van der Waals surface area contributed by atoms with Gasteiger partial charge in [0, 0.05) is 25.2 Å². The number of carbonyl (C=O) groups is 1. The normalized spacial score (nSPS) is 20.0. The molecule has 0 saturated carbocycles. The monoisotopic (exact) mass is 490 g/mol. The van der Waals surface area contributed by atoms with Crippen molar-refractivity contribution in [3.8, 4) is 10.8 Å². The predicted molar refractivity (Wildman–Crippen MR) is 122 cm³/mol. The molecule has 33 heavy (non-hydrogen) atoms. The zero-order chi connectivity index (χ0) is 23.3. The summed E-state index contributed by atoms with van der Waals surface area (Å²) in [4.78, 5) is 24.1. The van der Waals surface area contributed by atoms with Crippen LogP contribution in [0, 0.1) is 12.7 Å². The van der Waals surface area contributed by atoms with E-state index in [1.165, 1.54) is 40.1 Å². The molecule has 0 spiro atoms. The maximum atomic E-state index is 13.4. The topological polar surface area (TPSA) is 101 Å². The van der Waals surface area contributed by atoms with Crippen LogP contribution < -0.4 is 4.31 Å². The SMILES string of the molecule is Cc1nsc(-c2nc(N3CCCCS3(=O)=O)c3n2CCN(C(=O)c2ccc(F)cc2)[C@@H]3C)n1. The van der Waals surface area contributed by atoms with Gasteiger partial charge >= 0.3 is 0 Å². The van der Waals surface area contributed by atoms with E-state index in [0.29, 0.717) is 59.8 Å². The number of anilines is 1. The third kappa shape index (κ3) is 3.80. The van der Waals surface area contributed by atoms with Gasteiger partial charge in [0.15, 0.2) is 16.6 Å². The summed E-state index contributed by atoms with van der Waals surface area (Å²) in [5.74, 6) is 0.950. The zero-order valence-corrected chi connectivity index (χ0v) is 19.9. The first-order chi connectivity index (χ1) is 15.8. The second-order valence-electron chi connectivity index (χ2n) is 8.22. The minimum atomic E-state index is -3.51. The van der Waals surface area contributed by atoms with Crippen LogP contribution in [0.1, 0.15) is 47.7 Å². The van der Waals surface area contributed by atoms with E-state index in [9.17, 15) is 17.6 Å². The lowest BCUT2D eigenvalue weighted by atomic mass is 10.1. The molecule has 0 N–H and O–H groups in total. The van der Waals surface area contributed by atoms with Gasteiger partial charge in [0.1, 0.15) is 11.6 Å². The summed E-state index contributed by atoms with van der Waals surface area (Å²) in [6, 6.07) is 4.99. The van der Waals surface area contributed by atoms with E-state index in [1.807, 2.05) is 11.5 Å². The zero-order valence-electron chi connectivity index (χ0n) is 18.2. The number of fused-ring (bicyclic) bond motifs is 1. The van der Waals surface area contributed by atoms with Crippen molar-refractivity contribution in [3.05, 3.63) is 47.2 Å². The number of aryl methyl sites for hydroxylation is 1. The average molecular weight is 491 g/mol. The van der Waals surface area contributed by atoms with Crippen LogP contribution in [0.25, 0.3) is 10.8 Å². The molecule has 1 atom stereocenters. The number of carbonyl (C=O) groups excluding carboxylic acids is 1. The van der Waals surface area contributed by atoms with Crippen molar-refractivity contribution >= 4 is 33.3 Å². The number of benzene rings is 1. The molecule has 2 aliphatic heterocycles. The Hall–Kier alpha value is -2.86. The van der Waals surface area contributed by atoms with Crippen molar-refractivity contribution in [3.63, 3.8) is 0 Å². The Morgan fingerprint density at radius 3 is 2.55 bits per heavy atom. The van der Waals surface area contributed by atoms with Crippen LogP contribution in [0.15, 0.2) is 24.3 Å². The van der Waals surface area contributed by atoms with E-state index < -0.39 is 21.9 Å². The summed E-state index contributed by atoms with van der Waals surface area (Å²) >= 11 is 1.21. The molecule has 174 valence electrons. The molecule has 12 heteroatoms. The first-order valence-corrected chi connectivity index (χ1v) is 13.1. The van der Waals surface area contributed by atoms with E-state index in [1.54, 1.807) is 11.8 Å². The summed E-state index contributed by atoms with van der Waals surface area (Å²) < 4.78 is 46.8. The molecular weight excluding hydrogens is 467 g/mol. The van der Waals surface area contributed by atoms with Gasteiger partial charge in [-0.05, 0) is 62.5 Å². The molecule has 1 saturated heterocycles. The van der Waals surface area contributed by atoms with Gasteiger partial charge in [0.25, 0.3) is 5.91 Å².